The number of benzene rings is 1. The van der Waals surface area contributed by atoms with E-state index in [1.165, 1.54) is 5.56 Å². The summed E-state index contributed by atoms with van der Waals surface area (Å²) in [5, 5.41) is 0. The van der Waals surface area contributed by atoms with Gasteiger partial charge in [-0.15, -0.1) is 0 Å². The Morgan fingerprint density at radius 2 is 2.09 bits per heavy atom. The third-order valence-corrected chi connectivity index (χ3v) is 5.52. The molecule has 1 saturated heterocycles. The maximum absolute atomic E-state index is 12.9. The smallest absolute Gasteiger partial charge is 0.231 e. The third-order valence-electron chi connectivity index (χ3n) is 5.52. The number of methoxy groups -OCH3 is 1. The van der Waals surface area contributed by atoms with E-state index in [1.807, 2.05) is 18.2 Å². The van der Waals surface area contributed by atoms with Crippen LogP contribution in [0.4, 0.5) is 0 Å². The number of rotatable bonds is 1. The molecule has 0 aromatic heterocycles. The van der Waals surface area contributed by atoms with Gasteiger partial charge in [0.05, 0.1) is 18.1 Å². The maximum atomic E-state index is 12.9. The number of carbonyl (C=O) groups is 1. The monoisotopic (exact) mass is 299 g/mol. The molecule has 5 nitrogen and oxygen atoms in total. The van der Waals surface area contributed by atoms with Gasteiger partial charge < -0.3 is 14.2 Å². The summed E-state index contributed by atoms with van der Waals surface area (Å²) >= 11 is 0. The largest absolute Gasteiger partial charge is 0.454 e. The zero-order chi connectivity index (χ0) is 14.9. The SMILES string of the molecule is CO[C@H]1C=C[C@@]23C(=O)CN(Cc4cc5c(cc42)OCO5)[C@H]3C1. The fourth-order valence-electron chi connectivity index (χ4n) is 4.48. The van der Waals surface area contributed by atoms with Gasteiger partial charge in [-0.05, 0) is 29.7 Å². The van der Waals surface area contributed by atoms with E-state index in [4.69, 9.17) is 14.2 Å². The summed E-state index contributed by atoms with van der Waals surface area (Å²) in [5.74, 6) is 1.82. The van der Waals surface area contributed by atoms with Gasteiger partial charge in [0.25, 0.3) is 0 Å². The number of Topliss-reactive ketones (excluding diaryl/α,β-unsaturated/α-hetero) is 1. The van der Waals surface area contributed by atoms with Crippen molar-refractivity contribution < 1.29 is 19.0 Å². The Labute approximate surface area is 128 Å². The third kappa shape index (κ3) is 1.38. The molecule has 1 aliphatic carbocycles. The quantitative estimate of drug-likeness (QED) is 0.734. The fourth-order valence-corrected chi connectivity index (χ4v) is 4.48. The molecule has 1 aromatic rings. The molecule has 4 atom stereocenters. The Morgan fingerprint density at radius 3 is 2.91 bits per heavy atom. The predicted octanol–water partition coefficient (Wildman–Crippen LogP) is 1.39. The number of hydrogen-bond donors (Lipinski definition) is 0. The van der Waals surface area contributed by atoms with E-state index in [2.05, 4.69) is 11.0 Å². The molecule has 3 aliphatic heterocycles. The van der Waals surface area contributed by atoms with Crippen LogP contribution in [-0.2, 0) is 21.5 Å². The fraction of sp³-hybridized carbons (Fsp3) is 0.471. The lowest BCUT2D eigenvalue weighted by molar-refractivity contribution is -0.120. The van der Waals surface area contributed by atoms with Crippen LogP contribution in [0, 0.1) is 0 Å². The number of ketones is 1. The molecule has 1 fully saturated rings. The molecule has 0 N–H and O–H groups in total. The lowest BCUT2D eigenvalue weighted by Gasteiger charge is -2.44. The Balaban J connectivity index is 1.73. The van der Waals surface area contributed by atoms with Gasteiger partial charge in [-0.3, -0.25) is 9.69 Å². The van der Waals surface area contributed by atoms with Gasteiger partial charge >= 0.3 is 0 Å². The van der Waals surface area contributed by atoms with Crippen LogP contribution in [0.1, 0.15) is 17.5 Å². The molecule has 5 rings (SSSR count). The van der Waals surface area contributed by atoms with Crippen molar-refractivity contribution in [3.05, 3.63) is 35.4 Å². The zero-order valence-corrected chi connectivity index (χ0v) is 12.4. The number of carbonyl (C=O) groups excluding carboxylic acids is 1. The van der Waals surface area contributed by atoms with Crippen LogP contribution in [0.15, 0.2) is 24.3 Å². The first-order valence-electron chi connectivity index (χ1n) is 7.65. The summed E-state index contributed by atoms with van der Waals surface area (Å²) in [6.45, 7) is 1.55. The lowest BCUT2D eigenvalue weighted by atomic mass is 9.66. The van der Waals surface area contributed by atoms with E-state index < -0.39 is 5.41 Å². The average molecular weight is 299 g/mol. The zero-order valence-electron chi connectivity index (χ0n) is 12.4. The first kappa shape index (κ1) is 12.7. The highest BCUT2D eigenvalue weighted by atomic mass is 16.7. The molecule has 5 heteroatoms. The van der Waals surface area contributed by atoms with Crippen molar-refractivity contribution in [3.8, 4) is 11.5 Å². The van der Waals surface area contributed by atoms with Crippen molar-refractivity contribution in [1.29, 1.82) is 0 Å². The molecule has 0 radical (unpaired) electrons. The normalized spacial score (nSPS) is 37.1. The van der Waals surface area contributed by atoms with Gasteiger partial charge in [0.2, 0.25) is 6.79 Å². The van der Waals surface area contributed by atoms with Crippen molar-refractivity contribution in [3.63, 3.8) is 0 Å². The number of fused-ring (bicyclic) bond motifs is 2. The Kier molecular flexibility index (Phi) is 2.37. The van der Waals surface area contributed by atoms with Gasteiger partial charge in [0.1, 0.15) is 0 Å². The second-order valence-corrected chi connectivity index (χ2v) is 6.44. The predicted molar refractivity (Wildman–Crippen MR) is 78.0 cm³/mol. The summed E-state index contributed by atoms with van der Waals surface area (Å²) < 4.78 is 16.5. The minimum atomic E-state index is -0.538. The van der Waals surface area contributed by atoms with E-state index in [0.717, 1.165) is 30.0 Å². The molecule has 114 valence electrons. The first-order valence-corrected chi connectivity index (χ1v) is 7.65. The maximum Gasteiger partial charge on any atom is 0.231 e. The first-order chi connectivity index (χ1) is 10.7. The van der Waals surface area contributed by atoms with Crippen LogP contribution in [0.25, 0.3) is 0 Å². The van der Waals surface area contributed by atoms with Crippen molar-refractivity contribution in [1.82, 2.24) is 4.90 Å². The molecule has 1 unspecified atom stereocenters. The van der Waals surface area contributed by atoms with Crippen molar-refractivity contribution in [2.24, 2.45) is 0 Å². The minimum Gasteiger partial charge on any atom is -0.454 e. The summed E-state index contributed by atoms with van der Waals surface area (Å²) in [5.41, 5.74) is 1.72. The van der Waals surface area contributed by atoms with E-state index >= 15 is 0 Å². The van der Waals surface area contributed by atoms with E-state index in [9.17, 15) is 4.79 Å². The van der Waals surface area contributed by atoms with E-state index in [0.29, 0.717) is 6.54 Å². The van der Waals surface area contributed by atoms with E-state index in [1.54, 1.807) is 7.11 Å². The van der Waals surface area contributed by atoms with Crippen molar-refractivity contribution in [2.75, 3.05) is 20.4 Å². The Bertz CT molecular complexity index is 713. The van der Waals surface area contributed by atoms with Gasteiger partial charge in [0, 0.05) is 19.7 Å². The number of ether oxygens (including phenoxy) is 3. The Morgan fingerprint density at radius 1 is 1.27 bits per heavy atom. The average Bonchev–Trinajstić information content (AvgIpc) is 3.06. The van der Waals surface area contributed by atoms with Gasteiger partial charge in [0.15, 0.2) is 17.3 Å². The summed E-state index contributed by atoms with van der Waals surface area (Å²) in [4.78, 5) is 15.1. The van der Waals surface area contributed by atoms with Gasteiger partial charge in [-0.25, -0.2) is 0 Å². The molecular weight excluding hydrogens is 282 g/mol. The second-order valence-electron chi connectivity index (χ2n) is 6.44. The summed E-state index contributed by atoms with van der Waals surface area (Å²) in [6.07, 6.45) is 5.05. The van der Waals surface area contributed by atoms with Crippen LogP contribution in [0.5, 0.6) is 11.5 Å². The summed E-state index contributed by atoms with van der Waals surface area (Å²) in [6, 6.07) is 4.24. The van der Waals surface area contributed by atoms with E-state index in [-0.39, 0.29) is 24.7 Å². The van der Waals surface area contributed by atoms with Crippen molar-refractivity contribution in [2.45, 2.75) is 30.5 Å². The van der Waals surface area contributed by atoms with Crippen molar-refractivity contribution >= 4 is 5.78 Å². The number of nitrogens with zero attached hydrogens (tertiary/aromatic N) is 1. The molecule has 3 heterocycles. The molecule has 0 amide bonds. The molecule has 1 aromatic carbocycles. The Hall–Kier alpha value is -1.85. The highest BCUT2D eigenvalue weighted by molar-refractivity contribution is 5.98. The van der Waals surface area contributed by atoms with Crippen LogP contribution in [0.3, 0.4) is 0 Å². The van der Waals surface area contributed by atoms with Crippen LogP contribution in [0.2, 0.25) is 0 Å². The van der Waals surface area contributed by atoms with Crippen LogP contribution >= 0.6 is 0 Å². The number of hydrogen-bond acceptors (Lipinski definition) is 5. The molecule has 0 spiro atoms. The van der Waals surface area contributed by atoms with Crippen LogP contribution in [-0.4, -0.2) is 43.3 Å². The minimum absolute atomic E-state index is 0.0853. The summed E-state index contributed by atoms with van der Waals surface area (Å²) in [7, 11) is 1.72. The second kappa shape index (κ2) is 4.12. The molecule has 0 saturated carbocycles. The highest BCUT2D eigenvalue weighted by Gasteiger charge is 2.58. The van der Waals surface area contributed by atoms with Crippen LogP contribution < -0.4 is 9.47 Å². The van der Waals surface area contributed by atoms with Gasteiger partial charge in [-0.2, -0.15) is 0 Å². The highest BCUT2D eigenvalue weighted by Crippen LogP contribution is 2.52. The molecule has 2 bridgehead atoms. The topological polar surface area (TPSA) is 48.0 Å². The molecule has 4 aliphatic rings. The standard InChI is InChI=1S/C17H17NO4/c1-20-11-2-3-17-12-6-14-13(21-9-22-14)4-10(12)7-18(8-16(17)19)15(17)5-11/h2-4,6,11,15H,5,7-9H2,1H3/t11-,15-,17+/m0/s1. The van der Waals surface area contributed by atoms with Gasteiger partial charge in [-0.1, -0.05) is 12.2 Å². The molecular formula is C17H17NO4. The molecule has 22 heavy (non-hydrogen) atoms. The lowest BCUT2D eigenvalue weighted by Crippen LogP contribution is -2.51.